The molecule has 0 aliphatic carbocycles. The Kier molecular flexibility index (Phi) is 3.74. The lowest BCUT2D eigenvalue weighted by Crippen LogP contribution is -2.29. The molecule has 17 heavy (non-hydrogen) atoms. The number of ether oxygens (including phenoxy) is 1. The van der Waals surface area contributed by atoms with E-state index in [4.69, 9.17) is 4.74 Å². The molecule has 94 valence electrons. The van der Waals surface area contributed by atoms with Crippen LogP contribution in [0.25, 0.3) is 0 Å². The van der Waals surface area contributed by atoms with Crippen molar-refractivity contribution >= 4 is 0 Å². The summed E-state index contributed by atoms with van der Waals surface area (Å²) in [4.78, 5) is 8.52. The molecule has 1 aromatic heterocycles. The summed E-state index contributed by atoms with van der Waals surface area (Å²) in [5.41, 5.74) is 1.98. The van der Waals surface area contributed by atoms with Crippen LogP contribution in [0.15, 0.2) is 12.4 Å². The maximum Gasteiger partial charge on any atom is 0.0724 e. The van der Waals surface area contributed by atoms with Gasteiger partial charge in [0.05, 0.1) is 23.1 Å². The largest absolute Gasteiger partial charge is 0.371 e. The lowest BCUT2D eigenvalue weighted by Gasteiger charge is -2.19. The van der Waals surface area contributed by atoms with Gasteiger partial charge < -0.3 is 10.1 Å². The summed E-state index contributed by atoms with van der Waals surface area (Å²) in [6.07, 6.45) is 6.24. The maximum atomic E-state index is 5.91. The van der Waals surface area contributed by atoms with Gasteiger partial charge in [-0.05, 0) is 33.6 Å². The van der Waals surface area contributed by atoms with Gasteiger partial charge in [-0.25, -0.2) is 0 Å². The Morgan fingerprint density at radius 3 is 2.82 bits per heavy atom. The predicted molar refractivity (Wildman–Crippen MR) is 66.7 cm³/mol. The van der Waals surface area contributed by atoms with Crippen LogP contribution in [0, 0.1) is 6.92 Å². The molecular weight excluding hydrogens is 214 g/mol. The predicted octanol–water partition coefficient (Wildman–Crippen LogP) is 1.83. The molecule has 1 fully saturated rings. The monoisotopic (exact) mass is 235 g/mol. The molecule has 0 aromatic carbocycles. The first-order chi connectivity index (χ1) is 8.05. The standard InChI is InChI=1S/C13H21N3O/c1-10-6-16-11(8-15-10)7-14-9-12-4-5-13(2,3)17-12/h6,8,12,14H,4-5,7,9H2,1-3H3. The number of aryl methyl sites for hydroxylation is 1. The van der Waals surface area contributed by atoms with Crippen LogP contribution in [0.2, 0.25) is 0 Å². The molecule has 0 saturated carbocycles. The van der Waals surface area contributed by atoms with Crippen molar-refractivity contribution < 1.29 is 4.74 Å². The van der Waals surface area contributed by atoms with Crippen molar-refractivity contribution in [3.05, 3.63) is 23.8 Å². The Labute approximate surface area is 103 Å². The van der Waals surface area contributed by atoms with Gasteiger partial charge in [0.2, 0.25) is 0 Å². The van der Waals surface area contributed by atoms with Crippen LogP contribution >= 0.6 is 0 Å². The average molecular weight is 235 g/mol. The first-order valence-corrected chi connectivity index (χ1v) is 6.21. The molecule has 1 saturated heterocycles. The maximum absolute atomic E-state index is 5.91. The Morgan fingerprint density at radius 1 is 1.41 bits per heavy atom. The molecule has 2 heterocycles. The van der Waals surface area contributed by atoms with E-state index in [1.807, 2.05) is 13.1 Å². The minimum absolute atomic E-state index is 0.0516. The molecule has 1 atom stereocenters. The minimum atomic E-state index is 0.0516. The number of hydrogen-bond acceptors (Lipinski definition) is 4. The van der Waals surface area contributed by atoms with Crippen molar-refractivity contribution in [1.82, 2.24) is 15.3 Å². The highest BCUT2D eigenvalue weighted by Gasteiger charge is 2.31. The van der Waals surface area contributed by atoms with Gasteiger partial charge in [0.15, 0.2) is 0 Å². The van der Waals surface area contributed by atoms with Gasteiger partial charge in [-0.15, -0.1) is 0 Å². The molecule has 0 radical (unpaired) electrons. The third kappa shape index (κ3) is 3.75. The van der Waals surface area contributed by atoms with E-state index < -0.39 is 0 Å². The van der Waals surface area contributed by atoms with Crippen LogP contribution < -0.4 is 5.32 Å². The topological polar surface area (TPSA) is 47.0 Å². The Hall–Kier alpha value is -1.00. The van der Waals surface area contributed by atoms with Crippen molar-refractivity contribution in [2.45, 2.75) is 51.9 Å². The zero-order valence-electron chi connectivity index (χ0n) is 10.9. The van der Waals surface area contributed by atoms with Gasteiger partial charge in [-0.3, -0.25) is 9.97 Å². The lowest BCUT2D eigenvalue weighted by molar-refractivity contribution is -0.0143. The average Bonchev–Trinajstić information content (AvgIpc) is 2.61. The van der Waals surface area contributed by atoms with Gasteiger partial charge >= 0.3 is 0 Å². The van der Waals surface area contributed by atoms with Crippen molar-refractivity contribution in [3.8, 4) is 0 Å². The summed E-state index contributed by atoms with van der Waals surface area (Å²) in [5.74, 6) is 0. The number of nitrogens with one attached hydrogen (secondary N) is 1. The van der Waals surface area contributed by atoms with Crippen LogP contribution in [0.1, 0.15) is 38.1 Å². The van der Waals surface area contributed by atoms with Crippen LogP contribution in [0.5, 0.6) is 0 Å². The van der Waals surface area contributed by atoms with E-state index >= 15 is 0 Å². The van der Waals surface area contributed by atoms with Crippen LogP contribution in [0.4, 0.5) is 0 Å². The normalized spacial score (nSPS) is 22.9. The van der Waals surface area contributed by atoms with Crippen LogP contribution in [-0.4, -0.2) is 28.2 Å². The Morgan fingerprint density at radius 2 is 2.24 bits per heavy atom. The van der Waals surface area contributed by atoms with E-state index in [2.05, 4.69) is 29.1 Å². The Balaban J connectivity index is 1.71. The highest BCUT2D eigenvalue weighted by Crippen LogP contribution is 2.28. The van der Waals surface area contributed by atoms with Gasteiger partial charge in [-0.2, -0.15) is 0 Å². The molecule has 4 heteroatoms. The second-order valence-corrected chi connectivity index (χ2v) is 5.32. The highest BCUT2D eigenvalue weighted by molar-refractivity contribution is 5.00. The smallest absolute Gasteiger partial charge is 0.0724 e. The fourth-order valence-corrected chi connectivity index (χ4v) is 2.09. The summed E-state index contributed by atoms with van der Waals surface area (Å²) >= 11 is 0. The molecule has 2 rings (SSSR count). The van der Waals surface area contributed by atoms with Crippen LogP contribution in [-0.2, 0) is 11.3 Å². The molecule has 1 unspecified atom stereocenters. The molecule has 1 aromatic rings. The van der Waals surface area contributed by atoms with Crippen molar-refractivity contribution in [2.24, 2.45) is 0 Å². The SMILES string of the molecule is Cc1cnc(CNCC2CCC(C)(C)O2)cn1. The summed E-state index contributed by atoms with van der Waals surface area (Å²) in [7, 11) is 0. The highest BCUT2D eigenvalue weighted by atomic mass is 16.5. The van der Waals surface area contributed by atoms with Gasteiger partial charge in [0, 0.05) is 25.5 Å². The molecule has 1 aliphatic heterocycles. The molecular formula is C13H21N3O. The second-order valence-electron chi connectivity index (χ2n) is 5.32. The summed E-state index contributed by atoms with van der Waals surface area (Å²) in [6.45, 7) is 7.89. The molecule has 0 bridgehead atoms. The second kappa shape index (κ2) is 5.10. The van der Waals surface area contributed by atoms with E-state index in [-0.39, 0.29) is 5.60 Å². The van der Waals surface area contributed by atoms with Crippen molar-refractivity contribution in [1.29, 1.82) is 0 Å². The van der Waals surface area contributed by atoms with Gasteiger partial charge in [0.1, 0.15) is 0 Å². The quantitative estimate of drug-likeness (QED) is 0.865. The van der Waals surface area contributed by atoms with E-state index in [1.54, 1.807) is 6.20 Å². The molecule has 0 spiro atoms. The van der Waals surface area contributed by atoms with E-state index in [0.29, 0.717) is 6.10 Å². The molecule has 4 nitrogen and oxygen atoms in total. The number of aromatic nitrogens is 2. The zero-order valence-corrected chi connectivity index (χ0v) is 10.9. The van der Waals surface area contributed by atoms with E-state index in [0.717, 1.165) is 37.3 Å². The van der Waals surface area contributed by atoms with E-state index in [1.165, 1.54) is 0 Å². The Bertz CT molecular complexity index is 361. The fourth-order valence-electron chi connectivity index (χ4n) is 2.09. The van der Waals surface area contributed by atoms with E-state index in [9.17, 15) is 0 Å². The first kappa shape index (κ1) is 12.5. The van der Waals surface area contributed by atoms with Crippen molar-refractivity contribution in [3.63, 3.8) is 0 Å². The first-order valence-electron chi connectivity index (χ1n) is 6.21. The summed E-state index contributed by atoms with van der Waals surface area (Å²) in [5, 5.41) is 3.37. The van der Waals surface area contributed by atoms with Crippen LogP contribution in [0.3, 0.4) is 0 Å². The minimum Gasteiger partial charge on any atom is -0.371 e. The molecule has 1 N–H and O–H groups in total. The number of hydrogen-bond donors (Lipinski definition) is 1. The third-order valence-corrected chi connectivity index (χ3v) is 3.07. The molecule has 1 aliphatic rings. The zero-order chi connectivity index (χ0) is 12.3. The van der Waals surface area contributed by atoms with Crippen molar-refractivity contribution in [2.75, 3.05) is 6.54 Å². The molecule has 0 amide bonds. The van der Waals surface area contributed by atoms with Gasteiger partial charge in [0.25, 0.3) is 0 Å². The number of rotatable bonds is 4. The van der Waals surface area contributed by atoms with Gasteiger partial charge in [-0.1, -0.05) is 0 Å². The fraction of sp³-hybridized carbons (Fsp3) is 0.692. The lowest BCUT2D eigenvalue weighted by atomic mass is 10.1. The third-order valence-electron chi connectivity index (χ3n) is 3.07. The number of nitrogens with zero attached hydrogens (tertiary/aromatic N) is 2. The summed E-state index contributed by atoms with van der Waals surface area (Å²) < 4.78 is 5.91. The summed E-state index contributed by atoms with van der Waals surface area (Å²) in [6, 6.07) is 0.